The van der Waals surface area contributed by atoms with Crippen molar-refractivity contribution in [2.24, 2.45) is 5.92 Å². The SMILES string of the molecule is CC1CC(NC2CCC(CO)CC2)CN1Cc1ccccc1. The zero-order chi connectivity index (χ0) is 15.4. The monoisotopic (exact) mass is 302 g/mol. The van der Waals surface area contributed by atoms with E-state index in [1.807, 2.05) is 0 Å². The fourth-order valence-electron chi connectivity index (χ4n) is 4.10. The van der Waals surface area contributed by atoms with Crippen LogP contribution in [0.5, 0.6) is 0 Å². The van der Waals surface area contributed by atoms with Crippen molar-refractivity contribution in [1.29, 1.82) is 0 Å². The fourth-order valence-corrected chi connectivity index (χ4v) is 4.10. The van der Waals surface area contributed by atoms with E-state index < -0.39 is 0 Å². The normalized spacial score (nSPS) is 33.2. The van der Waals surface area contributed by atoms with Gasteiger partial charge in [0.05, 0.1) is 0 Å². The van der Waals surface area contributed by atoms with E-state index in [2.05, 4.69) is 47.5 Å². The molecular weight excluding hydrogens is 272 g/mol. The number of hydrogen-bond donors (Lipinski definition) is 2. The number of nitrogens with zero attached hydrogens (tertiary/aromatic N) is 1. The molecule has 1 saturated carbocycles. The highest BCUT2D eigenvalue weighted by Crippen LogP contribution is 2.26. The first kappa shape index (κ1) is 16.0. The highest BCUT2D eigenvalue weighted by molar-refractivity contribution is 5.15. The zero-order valence-electron chi connectivity index (χ0n) is 13.7. The second-order valence-corrected chi connectivity index (χ2v) is 7.26. The van der Waals surface area contributed by atoms with Crippen LogP contribution in [0, 0.1) is 5.92 Å². The van der Waals surface area contributed by atoms with E-state index in [4.69, 9.17) is 0 Å². The van der Waals surface area contributed by atoms with Crippen molar-refractivity contribution < 1.29 is 5.11 Å². The molecule has 2 aliphatic rings. The van der Waals surface area contributed by atoms with Crippen LogP contribution in [0.2, 0.25) is 0 Å². The number of aliphatic hydroxyl groups is 1. The minimum absolute atomic E-state index is 0.373. The van der Waals surface area contributed by atoms with Crippen LogP contribution in [0.3, 0.4) is 0 Å². The van der Waals surface area contributed by atoms with Gasteiger partial charge in [-0.2, -0.15) is 0 Å². The van der Waals surface area contributed by atoms with Gasteiger partial charge in [-0.05, 0) is 50.5 Å². The molecule has 22 heavy (non-hydrogen) atoms. The third-order valence-corrected chi connectivity index (χ3v) is 5.51. The molecule has 122 valence electrons. The summed E-state index contributed by atoms with van der Waals surface area (Å²) in [7, 11) is 0. The molecule has 0 aromatic heterocycles. The van der Waals surface area contributed by atoms with Crippen molar-refractivity contribution in [3.8, 4) is 0 Å². The molecule has 2 unspecified atom stereocenters. The Morgan fingerprint density at radius 2 is 1.82 bits per heavy atom. The fraction of sp³-hybridized carbons (Fsp3) is 0.684. The summed E-state index contributed by atoms with van der Waals surface area (Å²) in [4.78, 5) is 2.60. The Morgan fingerprint density at radius 3 is 2.50 bits per heavy atom. The van der Waals surface area contributed by atoms with Gasteiger partial charge in [0.25, 0.3) is 0 Å². The molecule has 2 atom stereocenters. The van der Waals surface area contributed by atoms with E-state index in [0.717, 1.165) is 13.1 Å². The van der Waals surface area contributed by atoms with Gasteiger partial charge in [0.15, 0.2) is 0 Å². The summed E-state index contributed by atoms with van der Waals surface area (Å²) in [6, 6.07) is 12.8. The lowest BCUT2D eigenvalue weighted by Crippen LogP contribution is -2.42. The summed E-state index contributed by atoms with van der Waals surface area (Å²) in [6.07, 6.45) is 6.09. The van der Waals surface area contributed by atoms with Gasteiger partial charge < -0.3 is 10.4 Å². The van der Waals surface area contributed by atoms with Crippen LogP contribution >= 0.6 is 0 Å². The van der Waals surface area contributed by atoms with Gasteiger partial charge >= 0.3 is 0 Å². The molecule has 1 heterocycles. The third-order valence-electron chi connectivity index (χ3n) is 5.51. The Bertz CT molecular complexity index is 442. The van der Waals surface area contributed by atoms with Crippen LogP contribution in [-0.4, -0.2) is 41.3 Å². The molecule has 2 N–H and O–H groups in total. The lowest BCUT2D eigenvalue weighted by atomic mass is 9.86. The molecule has 3 heteroatoms. The maximum absolute atomic E-state index is 9.24. The smallest absolute Gasteiger partial charge is 0.0459 e. The van der Waals surface area contributed by atoms with Crippen LogP contribution in [-0.2, 0) is 6.54 Å². The number of hydrogen-bond acceptors (Lipinski definition) is 3. The van der Waals surface area contributed by atoms with Crippen molar-refractivity contribution in [3.05, 3.63) is 35.9 Å². The Morgan fingerprint density at radius 1 is 1.09 bits per heavy atom. The van der Waals surface area contributed by atoms with Crippen LogP contribution in [0.1, 0.15) is 44.6 Å². The lowest BCUT2D eigenvalue weighted by molar-refractivity contribution is 0.171. The van der Waals surface area contributed by atoms with Crippen LogP contribution in [0.15, 0.2) is 30.3 Å². The minimum atomic E-state index is 0.373. The highest BCUT2D eigenvalue weighted by Gasteiger charge is 2.31. The van der Waals surface area contributed by atoms with Gasteiger partial charge in [-0.15, -0.1) is 0 Å². The van der Waals surface area contributed by atoms with Gasteiger partial charge in [-0.25, -0.2) is 0 Å². The number of likely N-dealkylation sites (tertiary alicyclic amines) is 1. The maximum atomic E-state index is 9.24. The first-order valence-corrected chi connectivity index (χ1v) is 8.89. The molecule has 0 amide bonds. The van der Waals surface area contributed by atoms with Crippen molar-refractivity contribution >= 4 is 0 Å². The second-order valence-electron chi connectivity index (χ2n) is 7.26. The summed E-state index contributed by atoms with van der Waals surface area (Å²) in [5, 5.41) is 13.1. The van der Waals surface area contributed by atoms with Gasteiger partial charge in [0, 0.05) is 37.8 Å². The summed E-state index contributed by atoms with van der Waals surface area (Å²) >= 11 is 0. The molecule has 1 aliphatic heterocycles. The molecule has 2 fully saturated rings. The Kier molecular flexibility index (Phi) is 5.51. The molecule has 1 aromatic rings. The first-order chi connectivity index (χ1) is 10.7. The van der Waals surface area contributed by atoms with Crippen LogP contribution in [0.25, 0.3) is 0 Å². The summed E-state index contributed by atoms with van der Waals surface area (Å²) in [5.41, 5.74) is 1.42. The second kappa shape index (κ2) is 7.58. The van der Waals surface area contributed by atoms with Crippen molar-refractivity contribution in [2.75, 3.05) is 13.2 Å². The van der Waals surface area contributed by atoms with E-state index in [-0.39, 0.29) is 0 Å². The van der Waals surface area contributed by atoms with Gasteiger partial charge in [0.2, 0.25) is 0 Å². The maximum Gasteiger partial charge on any atom is 0.0459 e. The summed E-state index contributed by atoms with van der Waals surface area (Å²) in [6.45, 7) is 4.96. The summed E-state index contributed by atoms with van der Waals surface area (Å²) < 4.78 is 0. The number of aliphatic hydroxyl groups excluding tert-OH is 1. The third kappa shape index (κ3) is 4.09. The standard InChI is InChI=1S/C19H30N2O/c1-15-11-19(20-18-9-7-17(14-22)8-10-18)13-21(15)12-16-5-3-2-4-6-16/h2-6,15,17-20,22H,7-14H2,1H3. The van der Waals surface area contributed by atoms with Crippen LogP contribution in [0.4, 0.5) is 0 Å². The van der Waals surface area contributed by atoms with E-state index in [1.54, 1.807) is 0 Å². The Balaban J connectivity index is 1.47. The Hall–Kier alpha value is -0.900. The van der Waals surface area contributed by atoms with Gasteiger partial charge in [-0.3, -0.25) is 4.90 Å². The molecule has 1 saturated heterocycles. The zero-order valence-corrected chi connectivity index (χ0v) is 13.7. The van der Waals surface area contributed by atoms with Crippen molar-refractivity contribution in [3.63, 3.8) is 0 Å². The number of rotatable bonds is 5. The predicted molar refractivity (Wildman–Crippen MR) is 90.7 cm³/mol. The molecule has 0 radical (unpaired) electrons. The van der Waals surface area contributed by atoms with Crippen LogP contribution < -0.4 is 5.32 Å². The van der Waals surface area contributed by atoms with Gasteiger partial charge in [0.1, 0.15) is 0 Å². The van der Waals surface area contributed by atoms with Gasteiger partial charge in [-0.1, -0.05) is 30.3 Å². The molecule has 1 aromatic carbocycles. The predicted octanol–water partition coefficient (Wildman–Crippen LogP) is 2.79. The van der Waals surface area contributed by atoms with Crippen molar-refractivity contribution in [2.45, 2.75) is 63.7 Å². The molecule has 0 bridgehead atoms. The molecular formula is C19H30N2O. The minimum Gasteiger partial charge on any atom is -0.396 e. The number of nitrogens with one attached hydrogen (secondary N) is 1. The van der Waals surface area contributed by atoms with Crippen molar-refractivity contribution in [1.82, 2.24) is 10.2 Å². The first-order valence-electron chi connectivity index (χ1n) is 8.89. The topological polar surface area (TPSA) is 35.5 Å². The van der Waals surface area contributed by atoms with E-state index >= 15 is 0 Å². The number of benzene rings is 1. The largest absolute Gasteiger partial charge is 0.396 e. The Labute approximate surface area is 134 Å². The van der Waals surface area contributed by atoms with E-state index in [0.29, 0.717) is 30.7 Å². The molecule has 0 spiro atoms. The average Bonchev–Trinajstić information content (AvgIpc) is 2.88. The molecule has 1 aliphatic carbocycles. The highest BCUT2D eigenvalue weighted by atomic mass is 16.3. The molecule has 3 nitrogen and oxygen atoms in total. The lowest BCUT2D eigenvalue weighted by Gasteiger charge is -2.30. The van der Waals surface area contributed by atoms with E-state index in [9.17, 15) is 5.11 Å². The van der Waals surface area contributed by atoms with E-state index in [1.165, 1.54) is 37.7 Å². The average molecular weight is 302 g/mol. The summed E-state index contributed by atoms with van der Waals surface area (Å²) in [5.74, 6) is 0.551. The molecule has 3 rings (SSSR count). The quantitative estimate of drug-likeness (QED) is 0.878.